The quantitative estimate of drug-likeness (QED) is 0.451. The lowest BCUT2D eigenvalue weighted by Gasteiger charge is -2.07. The molecule has 0 amide bonds. The largest absolute Gasteiger partial charge is 0.370 e. The fourth-order valence-corrected chi connectivity index (χ4v) is 1.97. The van der Waals surface area contributed by atoms with Crippen molar-refractivity contribution in [1.82, 2.24) is 0 Å². The summed E-state index contributed by atoms with van der Waals surface area (Å²) in [5.41, 5.74) is 7.70. The molecule has 3 N–H and O–H groups in total. The Morgan fingerprint density at radius 3 is 2.41 bits per heavy atom. The molecule has 0 saturated carbocycles. The van der Waals surface area contributed by atoms with Gasteiger partial charge in [-0.2, -0.15) is 0 Å². The molecule has 3 nitrogen and oxygen atoms in total. The summed E-state index contributed by atoms with van der Waals surface area (Å²) in [5.74, 6) is -0.900. The topological polar surface area (TPSA) is 50.4 Å². The van der Waals surface area contributed by atoms with Crippen molar-refractivity contribution in [3.63, 3.8) is 0 Å². The SMILES string of the molecule is Cc1cccc(NC(N)=NCCc2c(F)cccc2F)c1.I. The maximum Gasteiger partial charge on any atom is 0.193 e. The Kier molecular flexibility index (Phi) is 7.23. The van der Waals surface area contributed by atoms with Crippen molar-refractivity contribution in [1.29, 1.82) is 0 Å². The molecule has 6 heteroatoms. The Labute approximate surface area is 145 Å². The fraction of sp³-hybridized carbons (Fsp3) is 0.188. The normalized spacial score (nSPS) is 11.0. The van der Waals surface area contributed by atoms with E-state index in [0.717, 1.165) is 11.3 Å². The number of nitrogens with zero attached hydrogens (tertiary/aromatic N) is 1. The van der Waals surface area contributed by atoms with E-state index in [-0.39, 0.29) is 48.5 Å². The summed E-state index contributed by atoms with van der Waals surface area (Å²) in [5, 5.41) is 2.94. The molecule has 2 rings (SSSR count). The highest BCUT2D eigenvalue weighted by atomic mass is 127. The highest BCUT2D eigenvalue weighted by Gasteiger charge is 2.07. The molecule has 0 heterocycles. The first-order valence-electron chi connectivity index (χ1n) is 6.63. The van der Waals surface area contributed by atoms with Crippen molar-refractivity contribution in [2.75, 3.05) is 11.9 Å². The van der Waals surface area contributed by atoms with E-state index < -0.39 is 11.6 Å². The molecule has 0 radical (unpaired) electrons. The molecule has 0 unspecified atom stereocenters. The molecular weight excluding hydrogens is 399 g/mol. The molecule has 0 atom stereocenters. The standard InChI is InChI=1S/C16H17F2N3.HI/c1-11-4-2-5-12(10-11)21-16(19)20-9-8-13-14(17)6-3-7-15(13)18;/h2-7,10H,8-9H2,1H3,(H3,19,20,21);1H. The van der Waals surface area contributed by atoms with Crippen molar-refractivity contribution in [3.8, 4) is 0 Å². The summed E-state index contributed by atoms with van der Waals surface area (Å²) < 4.78 is 26.9. The first kappa shape index (κ1) is 18.3. The number of benzene rings is 2. The van der Waals surface area contributed by atoms with Gasteiger partial charge in [0.25, 0.3) is 0 Å². The zero-order chi connectivity index (χ0) is 15.2. The van der Waals surface area contributed by atoms with Crippen LogP contribution in [0.5, 0.6) is 0 Å². The van der Waals surface area contributed by atoms with E-state index in [1.54, 1.807) is 0 Å². The van der Waals surface area contributed by atoms with Gasteiger partial charge in [0.1, 0.15) is 11.6 Å². The van der Waals surface area contributed by atoms with E-state index in [4.69, 9.17) is 5.73 Å². The molecule has 0 fully saturated rings. The molecule has 0 aliphatic heterocycles. The van der Waals surface area contributed by atoms with Crippen LogP contribution in [-0.4, -0.2) is 12.5 Å². The average Bonchev–Trinajstić information content (AvgIpc) is 2.42. The third-order valence-corrected chi connectivity index (χ3v) is 3.00. The van der Waals surface area contributed by atoms with E-state index in [9.17, 15) is 8.78 Å². The fourth-order valence-electron chi connectivity index (χ4n) is 1.97. The summed E-state index contributed by atoms with van der Waals surface area (Å²) in [6, 6.07) is 11.5. The predicted molar refractivity (Wildman–Crippen MR) is 96.8 cm³/mol. The van der Waals surface area contributed by atoms with Gasteiger partial charge in [0.15, 0.2) is 5.96 Å². The van der Waals surface area contributed by atoms with Gasteiger partial charge >= 0.3 is 0 Å². The molecule has 0 saturated heterocycles. The Morgan fingerprint density at radius 1 is 1.14 bits per heavy atom. The molecular formula is C16H18F2IN3. The van der Waals surface area contributed by atoms with Crippen LogP contribution >= 0.6 is 24.0 Å². The van der Waals surface area contributed by atoms with Crippen molar-refractivity contribution in [2.45, 2.75) is 13.3 Å². The van der Waals surface area contributed by atoms with Gasteiger partial charge in [-0.3, -0.25) is 4.99 Å². The van der Waals surface area contributed by atoms with Gasteiger partial charge in [-0.25, -0.2) is 8.78 Å². The Hall–Kier alpha value is -1.70. The van der Waals surface area contributed by atoms with Crippen molar-refractivity contribution < 1.29 is 8.78 Å². The average molecular weight is 417 g/mol. The number of anilines is 1. The van der Waals surface area contributed by atoms with Crippen LogP contribution in [0.3, 0.4) is 0 Å². The molecule has 2 aromatic rings. The maximum atomic E-state index is 13.4. The second-order valence-electron chi connectivity index (χ2n) is 4.71. The maximum absolute atomic E-state index is 13.4. The number of hydrogen-bond donors (Lipinski definition) is 2. The van der Waals surface area contributed by atoms with Crippen molar-refractivity contribution in [3.05, 3.63) is 65.2 Å². The summed E-state index contributed by atoms with van der Waals surface area (Å²) in [6.07, 6.45) is 0.161. The second-order valence-corrected chi connectivity index (χ2v) is 4.71. The molecule has 0 bridgehead atoms. The van der Waals surface area contributed by atoms with E-state index in [2.05, 4.69) is 10.3 Å². The minimum absolute atomic E-state index is 0. The zero-order valence-electron chi connectivity index (χ0n) is 12.1. The number of hydrogen-bond acceptors (Lipinski definition) is 1. The number of aliphatic imine (C=N–C) groups is 1. The van der Waals surface area contributed by atoms with Gasteiger partial charge in [-0.05, 0) is 43.2 Å². The summed E-state index contributed by atoms with van der Waals surface area (Å²) >= 11 is 0. The number of halogens is 3. The molecule has 0 aromatic heterocycles. The lowest BCUT2D eigenvalue weighted by atomic mass is 10.1. The van der Waals surface area contributed by atoms with Crippen LogP contribution in [0.15, 0.2) is 47.5 Å². The third kappa shape index (κ3) is 5.25. The molecule has 0 aliphatic rings. The van der Waals surface area contributed by atoms with Gasteiger partial charge < -0.3 is 11.1 Å². The number of aryl methyl sites for hydroxylation is 1. The van der Waals surface area contributed by atoms with Crippen LogP contribution < -0.4 is 11.1 Å². The van der Waals surface area contributed by atoms with Gasteiger partial charge in [-0.1, -0.05) is 18.2 Å². The highest BCUT2D eigenvalue weighted by Crippen LogP contribution is 2.13. The Bertz CT molecular complexity index is 639. The second kappa shape index (κ2) is 8.67. The van der Waals surface area contributed by atoms with Gasteiger partial charge in [0.05, 0.1) is 0 Å². The lowest BCUT2D eigenvalue weighted by Crippen LogP contribution is -2.23. The van der Waals surface area contributed by atoms with Crippen LogP contribution in [0.4, 0.5) is 14.5 Å². The molecule has 0 spiro atoms. The van der Waals surface area contributed by atoms with Crippen LogP contribution in [0.25, 0.3) is 0 Å². The minimum atomic E-state index is -0.560. The summed E-state index contributed by atoms with van der Waals surface area (Å²) in [7, 11) is 0. The molecule has 22 heavy (non-hydrogen) atoms. The smallest absolute Gasteiger partial charge is 0.193 e. The van der Waals surface area contributed by atoms with Gasteiger partial charge in [-0.15, -0.1) is 24.0 Å². The van der Waals surface area contributed by atoms with E-state index in [1.807, 2.05) is 31.2 Å². The van der Waals surface area contributed by atoms with Gasteiger partial charge in [0, 0.05) is 17.8 Å². The first-order valence-corrected chi connectivity index (χ1v) is 6.63. The number of rotatable bonds is 4. The van der Waals surface area contributed by atoms with Crippen LogP contribution in [0.1, 0.15) is 11.1 Å². The minimum Gasteiger partial charge on any atom is -0.370 e. The lowest BCUT2D eigenvalue weighted by molar-refractivity contribution is 0.556. The third-order valence-electron chi connectivity index (χ3n) is 3.00. The molecule has 2 aromatic carbocycles. The van der Waals surface area contributed by atoms with Crippen LogP contribution in [0, 0.1) is 18.6 Å². The first-order chi connectivity index (χ1) is 10.1. The summed E-state index contributed by atoms with van der Waals surface area (Å²) in [4.78, 5) is 4.08. The van der Waals surface area contributed by atoms with Crippen LogP contribution in [-0.2, 0) is 6.42 Å². The van der Waals surface area contributed by atoms with E-state index in [1.165, 1.54) is 18.2 Å². The molecule has 0 aliphatic carbocycles. The zero-order valence-corrected chi connectivity index (χ0v) is 14.5. The highest BCUT2D eigenvalue weighted by molar-refractivity contribution is 14.0. The number of guanidine groups is 1. The van der Waals surface area contributed by atoms with Crippen molar-refractivity contribution in [2.24, 2.45) is 10.7 Å². The van der Waals surface area contributed by atoms with E-state index >= 15 is 0 Å². The van der Waals surface area contributed by atoms with Gasteiger partial charge in [0.2, 0.25) is 0 Å². The molecule has 118 valence electrons. The van der Waals surface area contributed by atoms with E-state index in [0.29, 0.717) is 0 Å². The Balaban J connectivity index is 0.00000242. The number of nitrogens with one attached hydrogen (secondary N) is 1. The number of nitrogens with two attached hydrogens (primary N) is 1. The summed E-state index contributed by atoms with van der Waals surface area (Å²) in [6.45, 7) is 2.18. The Morgan fingerprint density at radius 2 is 1.77 bits per heavy atom. The predicted octanol–water partition coefficient (Wildman–Crippen LogP) is 3.86. The van der Waals surface area contributed by atoms with Crippen LogP contribution in [0.2, 0.25) is 0 Å². The van der Waals surface area contributed by atoms with Crippen molar-refractivity contribution >= 4 is 35.6 Å². The monoisotopic (exact) mass is 417 g/mol.